The van der Waals surface area contributed by atoms with Crippen molar-refractivity contribution in [1.82, 2.24) is 5.32 Å². The summed E-state index contributed by atoms with van der Waals surface area (Å²) in [5.41, 5.74) is 1.17. The number of nitrogens with one attached hydrogen (secondary N) is 1. The van der Waals surface area contributed by atoms with E-state index in [0.29, 0.717) is 11.7 Å². The van der Waals surface area contributed by atoms with Gasteiger partial charge >= 0.3 is 5.97 Å². The van der Waals surface area contributed by atoms with E-state index in [-0.39, 0.29) is 6.61 Å². The lowest BCUT2D eigenvalue weighted by Crippen LogP contribution is -2.16. The summed E-state index contributed by atoms with van der Waals surface area (Å²) in [5, 5.41) is 11.9. The average Bonchev–Trinajstić information content (AvgIpc) is 2.33. The predicted molar refractivity (Wildman–Crippen MR) is 70.7 cm³/mol. The van der Waals surface area contributed by atoms with Gasteiger partial charge in [-0.2, -0.15) is 0 Å². The van der Waals surface area contributed by atoms with Crippen molar-refractivity contribution >= 4 is 5.97 Å². The van der Waals surface area contributed by atoms with Gasteiger partial charge in [0.1, 0.15) is 5.75 Å². The first-order chi connectivity index (χ1) is 8.58. The van der Waals surface area contributed by atoms with Gasteiger partial charge in [0.05, 0.1) is 0 Å². The Hall–Kier alpha value is -1.55. The van der Waals surface area contributed by atoms with Crippen molar-refractivity contribution in [1.29, 1.82) is 0 Å². The molecule has 0 amide bonds. The molecule has 2 N–H and O–H groups in total. The molecule has 4 heteroatoms. The van der Waals surface area contributed by atoms with Crippen LogP contribution in [-0.2, 0) is 11.3 Å². The van der Waals surface area contributed by atoms with Crippen LogP contribution in [-0.4, -0.2) is 24.2 Å². The lowest BCUT2D eigenvalue weighted by atomic mass is 10.1. The first-order valence-corrected chi connectivity index (χ1v) is 6.22. The molecule has 0 spiro atoms. The minimum absolute atomic E-state index is 0.300. The van der Waals surface area contributed by atoms with Crippen molar-refractivity contribution in [3.05, 3.63) is 29.8 Å². The van der Waals surface area contributed by atoms with Crippen molar-refractivity contribution in [3.63, 3.8) is 0 Å². The lowest BCUT2D eigenvalue weighted by Gasteiger charge is -2.08. The van der Waals surface area contributed by atoms with Crippen LogP contribution in [0.25, 0.3) is 0 Å². The van der Waals surface area contributed by atoms with Crippen molar-refractivity contribution in [2.45, 2.75) is 26.8 Å². The van der Waals surface area contributed by atoms with Gasteiger partial charge in [-0.05, 0) is 36.6 Å². The minimum Gasteiger partial charge on any atom is -0.482 e. The van der Waals surface area contributed by atoms with Crippen LogP contribution < -0.4 is 10.1 Å². The summed E-state index contributed by atoms with van der Waals surface area (Å²) in [5.74, 6) is 0.335. The van der Waals surface area contributed by atoms with E-state index >= 15 is 0 Å². The maximum absolute atomic E-state index is 10.3. The fraction of sp³-hybridized carbons (Fsp3) is 0.500. The number of carboxylic acids is 1. The SMILES string of the molecule is CC(C)CCNCc1ccc(OCC(=O)O)cc1. The van der Waals surface area contributed by atoms with E-state index in [0.717, 1.165) is 13.1 Å². The van der Waals surface area contributed by atoms with E-state index in [9.17, 15) is 4.79 Å². The molecule has 0 fully saturated rings. The smallest absolute Gasteiger partial charge is 0.341 e. The summed E-state index contributed by atoms with van der Waals surface area (Å²) in [4.78, 5) is 10.3. The van der Waals surface area contributed by atoms with Crippen LogP contribution in [0.3, 0.4) is 0 Å². The number of carbonyl (C=O) groups is 1. The van der Waals surface area contributed by atoms with Crippen LogP contribution in [0.15, 0.2) is 24.3 Å². The number of benzene rings is 1. The van der Waals surface area contributed by atoms with Crippen LogP contribution in [0.4, 0.5) is 0 Å². The Balaban J connectivity index is 2.29. The fourth-order valence-electron chi connectivity index (χ4n) is 1.47. The summed E-state index contributed by atoms with van der Waals surface area (Å²) in [6, 6.07) is 7.48. The molecule has 1 rings (SSSR count). The van der Waals surface area contributed by atoms with E-state index < -0.39 is 5.97 Å². The molecule has 18 heavy (non-hydrogen) atoms. The Morgan fingerprint density at radius 3 is 2.56 bits per heavy atom. The first-order valence-electron chi connectivity index (χ1n) is 6.22. The van der Waals surface area contributed by atoms with E-state index in [1.54, 1.807) is 12.1 Å². The minimum atomic E-state index is -0.963. The lowest BCUT2D eigenvalue weighted by molar-refractivity contribution is -0.139. The highest BCUT2D eigenvalue weighted by Gasteiger charge is 1.99. The second kappa shape index (κ2) is 7.71. The van der Waals surface area contributed by atoms with Crippen LogP contribution in [0.2, 0.25) is 0 Å². The zero-order valence-corrected chi connectivity index (χ0v) is 11.0. The quantitative estimate of drug-likeness (QED) is 0.696. The Kier molecular flexibility index (Phi) is 6.22. The van der Waals surface area contributed by atoms with Gasteiger partial charge in [0.15, 0.2) is 6.61 Å². The predicted octanol–water partition coefficient (Wildman–Crippen LogP) is 2.29. The highest BCUT2D eigenvalue weighted by Crippen LogP contribution is 2.12. The second-order valence-electron chi connectivity index (χ2n) is 4.69. The van der Waals surface area contributed by atoms with Crippen molar-refractivity contribution < 1.29 is 14.6 Å². The zero-order chi connectivity index (χ0) is 13.4. The van der Waals surface area contributed by atoms with Gasteiger partial charge in [0.2, 0.25) is 0 Å². The molecule has 0 unspecified atom stereocenters. The molecule has 0 aliphatic rings. The van der Waals surface area contributed by atoms with Gasteiger partial charge in [-0.15, -0.1) is 0 Å². The summed E-state index contributed by atoms with van der Waals surface area (Å²) in [6.07, 6.45) is 1.17. The van der Waals surface area contributed by atoms with Gasteiger partial charge in [-0.25, -0.2) is 4.79 Å². The molecule has 4 nitrogen and oxygen atoms in total. The van der Waals surface area contributed by atoms with Crippen LogP contribution in [0.5, 0.6) is 5.75 Å². The number of ether oxygens (including phenoxy) is 1. The molecule has 0 radical (unpaired) electrons. The molecule has 0 bridgehead atoms. The molecule has 0 atom stereocenters. The number of hydrogen-bond donors (Lipinski definition) is 2. The molecule has 0 saturated carbocycles. The third-order valence-electron chi connectivity index (χ3n) is 2.51. The molecule has 0 aliphatic heterocycles. The molecule has 0 aliphatic carbocycles. The molecule has 0 aromatic heterocycles. The van der Waals surface area contributed by atoms with Gasteiger partial charge < -0.3 is 15.2 Å². The largest absolute Gasteiger partial charge is 0.482 e. The molecule has 0 saturated heterocycles. The number of carboxylic acid groups (broad SMARTS) is 1. The molecule has 0 heterocycles. The Bertz CT molecular complexity index is 360. The van der Waals surface area contributed by atoms with Crippen LogP contribution in [0, 0.1) is 5.92 Å². The third-order valence-corrected chi connectivity index (χ3v) is 2.51. The third kappa shape index (κ3) is 6.25. The van der Waals surface area contributed by atoms with Gasteiger partial charge in [-0.3, -0.25) is 0 Å². The maximum atomic E-state index is 10.3. The van der Waals surface area contributed by atoms with E-state index in [1.165, 1.54) is 12.0 Å². The fourth-order valence-corrected chi connectivity index (χ4v) is 1.47. The summed E-state index contributed by atoms with van der Waals surface area (Å²) < 4.78 is 5.06. The second-order valence-corrected chi connectivity index (χ2v) is 4.69. The number of rotatable bonds is 8. The summed E-state index contributed by atoms with van der Waals surface area (Å²) in [7, 11) is 0. The highest BCUT2D eigenvalue weighted by molar-refractivity contribution is 5.68. The van der Waals surface area contributed by atoms with E-state index in [4.69, 9.17) is 9.84 Å². The van der Waals surface area contributed by atoms with Crippen LogP contribution >= 0.6 is 0 Å². The van der Waals surface area contributed by atoms with Crippen molar-refractivity contribution in [2.75, 3.05) is 13.2 Å². The molecule has 100 valence electrons. The zero-order valence-electron chi connectivity index (χ0n) is 11.0. The van der Waals surface area contributed by atoms with Gasteiger partial charge in [-0.1, -0.05) is 26.0 Å². The van der Waals surface area contributed by atoms with Gasteiger partial charge in [0, 0.05) is 6.54 Å². The molecule has 1 aromatic carbocycles. The highest BCUT2D eigenvalue weighted by atomic mass is 16.5. The van der Waals surface area contributed by atoms with Gasteiger partial charge in [0.25, 0.3) is 0 Å². The molecule has 1 aromatic rings. The Morgan fingerprint density at radius 2 is 2.00 bits per heavy atom. The summed E-state index contributed by atoms with van der Waals surface area (Å²) in [6.45, 7) is 5.94. The number of aliphatic carboxylic acids is 1. The maximum Gasteiger partial charge on any atom is 0.341 e. The molecular formula is C14H21NO3. The average molecular weight is 251 g/mol. The van der Waals surface area contributed by atoms with Crippen LogP contribution in [0.1, 0.15) is 25.8 Å². The Morgan fingerprint density at radius 1 is 1.33 bits per heavy atom. The Labute approximate surface area is 108 Å². The van der Waals surface area contributed by atoms with E-state index in [1.807, 2.05) is 12.1 Å². The number of hydrogen-bond acceptors (Lipinski definition) is 3. The standard InChI is InChI=1S/C14H21NO3/c1-11(2)7-8-15-9-12-3-5-13(6-4-12)18-10-14(16)17/h3-6,11,15H,7-10H2,1-2H3,(H,16,17). The first kappa shape index (κ1) is 14.5. The van der Waals surface area contributed by atoms with Crippen molar-refractivity contribution in [3.8, 4) is 5.75 Å². The molecular weight excluding hydrogens is 230 g/mol. The van der Waals surface area contributed by atoms with Crippen molar-refractivity contribution in [2.24, 2.45) is 5.92 Å². The normalized spacial score (nSPS) is 10.6. The topological polar surface area (TPSA) is 58.6 Å². The van der Waals surface area contributed by atoms with E-state index in [2.05, 4.69) is 19.2 Å². The summed E-state index contributed by atoms with van der Waals surface area (Å²) >= 11 is 0. The monoisotopic (exact) mass is 251 g/mol.